The van der Waals surface area contributed by atoms with Gasteiger partial charge < -0.3 is 15.6 Å². The molecule has 1 saturated carbocycles. The summed E-state index contributed by atoms with van der Waals surface area (Å²) in [6, 6.07) is -0.101. The van der Waals surface area contributed by atoms with Crippen molar-refractivity contribution in [2.45, 2.75) is 50.6 Å². The monoisotopic (exact) mass is 250 g/mol. The van der Waals surface area contributed by atoms with E-state index in [2.05, 4.69) is 9.97 Å². The standard InChI is InChI=1S/C13H22N4O/c1-17(11-5-3-2-4-6-11)13(18)12(14)7-10-8-15-9-16-10/h8-9,11-12H,2-7,14H2,1H3,(H,15,16)/t12-/m0/s1. The average molecular weight is 250 g/mol. The Bertz CT molecular complexity index is 370. The van der Waals surface area contributed by atoms with Crippen molar-refractivity contribution >= 4 is 5.91 Å². The lowest BCUT2D eigenvalue weighted by atomic mass is 9.94. The molecule has 5 nitrogen and oxygen atoms in total. The average Bonchev–Trinajstić information content (AvgIpc) is 2.91. The molecular formula is C13H22N4O. The van der Waals surface area contributed by atoms with Crippen LogP contribution in [-0.4, -0.2) is 39.9 Å². The molecule has 18 heavy (non-hydrogen) atoms. The van der Waals surface area contributed by atoms with Crippen LogP contribution in [0.4, 0.5) is 0 Å². The number of hydrogen-bond acceptors (Lipinski definition) is 3. The second-order valence-corrected chi connectivity index (χ2v) is 5.13. The van der Waals surface area contributed by atoms with Crippen molar-refractivity contribution in [2.75, 3.05) is 7.05 Å². The van der Waals surface area contributed by atoms with E-state index >= 15 is 0 Å². The molecule has 1 atom stereocenters. The first-order chi connectivity index (χ1) is 8.68. The van der Waals surface area contributed by atoms with E-state index in [9.17, 15) is 4.79 Å². The van der Waals surface area contributed by atoms with E-state index in [0.717, 1.165) is 18.5 Å². The van der Waals surface area contributed by atoms with Crippen molar-refractivity contribution in [1.29, 1.82) is 0 Å². The molecule has 0 aromatic carbocycles. The van der Waals surface area contributed by atoms with E-state index in [0.29, 0.717) is 12.5 Å². The van der Waals surface area contributed by atoms with Gasteiger partial charge in [0.1, 0.15) is 0 Å². The Morgan fingerprint density at radius 3 is 2.89 bits per heavy atom. The highest BCUT2D eigenvalue weighted by Crippen LogP contribution is 2.22. The molecule has 3 N–H and O–H groups in total. The first kappa shape index (κ1) is 13.1. The van der Waals surface area contributed by atoms with Crippen molar-refractivity contribution in [3.63, 3.8) is 0 Å². The molecule has 1 amide bonds. The Kier molecular flexibility index (Phi) is 4.36. The second-order valence-electron chi connectivity index (χ2n) is 5.13. The molecular weight excluding hydrogens is 228 g/mol. The van der Waals surface area contributed by atoms with Crippen LogP contribution in [0.15, 0.2) is 12.5 Å². The van der Waals surface area contributed by atoms with Crippen LogP contribution in [0.1, 0.15) is 37.8 Å². The molecule has 1 aliphatic rings. The van der Waals surface area contributed by atoms with Crippen molar-refractivity contribution in [3.8, 4) is 0 Å². The Morgan fingerprint density at radius 2 is 2.28 bits per heavy atom. The Balaban J connectivity index is 1.88. The van der Waals surface area contributed by atoms with Gasteiger partial charge in [-0.25, -0.2) is 4.98 Å². The third kappa shape index (κ3) is 3.10. The minimum Gasteiger partial charge on any atom is -0.348 e. The van der Waals surface area contributed by atoms with Gasteiger partial charge in [0.2, 0.25) is 5.91 Å². The normalized spacial score (nSPS) is 18.6. The molecule has 0 unspecified atom stereocenters. The maximum atomic E-state index is 12.2. The van der Waals surface area contributed by atoms with E-state index in [4.69, 9.17) is 5.73 Å². The zero-order valence-electron chi connectivity index (χ0n) is 10.9. The van der Waals surface area contributed by atoms with Gasteiger partial charge in [-0.2, -0.15) is 0 Å². The number of nitrogens with zero attached hydrogens (tertiary/aromatic N) is 2. The van der Waals surface area contributed by atoms with Crippen LogP contribution in [0, 0.1) is 0 Å². The lowest BCUT2D eigenvalue weighted by Crippen LogP contribution is -2.48. The van der Waals surface area contributed by atoms with Crippen LogP contribution < -0.4 is 5.73 Å². The van der Waals surface area contributed by atoms with Gasteiger partial charge in [0.05, 0.1) is 12.4 Å². The topological polar surface area (TPSA) is 75.0 Å². The van der Waals surface area contributed by atoms with E-state index in [1.807, 2.05) is 11.9 Å². The summed E-state index contributed by atoms with van der Waals surface area (Å²) in [7, 11) is 1.88. The van der Waals surface area contributed by atoms with Crippen LogP contribution in [0.2, 0.25) is 0 Å². The van der Waals surface area contributed by atoms with Crippen molar-refractivity contribution in [1.82, 2.24) is 14.9 Å². The predicted octanol–water partition coefficient (Wildman–Crippen LogP) is 1.07. The van der Waals surface area contributed by atoms with Gasteiger partial charge in [0, 0.05) is 31.4 Å². The fraction of sp³-hybridized carbons (Fsp3) is 0.692. The molecule has 1 aromatic rings. The number of aromatic nitrogens is 2. The number of aromatic amines is 1. The molecule has 0 bridgehead atoms. The maximum Gasteiger partial charge on any atom is 0.239 e. The van der Waals surface area contributed by atoms with Crippen molar-refractivity contribution < 1.29 is 4.79 Å². The van der Waals surface area contributed by atoms with Gasteiger partial charge in [0.25, 0.3) is 0 Å². The number of carbonyl (C=O) groups is 1. The zero-order valence-corrected chi connectivity index (χ0v) is 10.9. The first-order valence-electron chi connectivity index (χ1n) is 6.68. The number of hydrogen-bond donors (Lipinski definition) is 2. The van der Waals surface area contributed by atoms with Gasteiger partial charge in [-0.3, -0.25) is 4.79 Å². The summed E-state index contributed by atoms with van der Waals surface area (Å²) in [6.07, 6.45) is 9.80. The predicted molar refractivity (Wildman–Crippen MR) is 69.9 cm³/mol. The summed E-state index contributed by atoms with van der Waals surface area (Å²) < 4.78 is 0. The van der Waals surface area contributed by atoms with E-state index in [1.165, 1.54) is 19.3 Å². The zero-order chi connectivity index (χ0) is 13.0. The lowest BCUT2D eigenvalue weighted by molar-refractivity contribution is -0.133. The summed E-state index contributed by atoms with van der Waals surface area (Å²) >= 11 is 0. The summed E-state index contributed by atoms with van der Waals surface area (Å²) in [5.74, 6) is 0.0384. The van der Waals surface area contributed by atoms with E-state index in [1.54, 1.807) is 12.5 Å². The molecule has 2 rings (SSSR count). The highest BCUT2D eigenvalue weighted by Gasteiger charge is 2.26. The molecule has 0 saturated heterocycles. The summed E-state index contributed by atoms with van der Waals surface area (Å²) in [5, 5.41) is 0. The highest BCUT2D eigenvalue weighted by atomic mass is 16.2. The molecule has 5 heteroatoms. The summed E-state index contributed by atoms with van der Waals surface area (Å²) in [5.41, 5.74) is 6.89. The number of H-pyrrole nitrogens is 1. The fourth-order valence-corrected chi connectivity index (χ4v) is 2.63. The molecule has 1 fully saturated rings. The number of likely N-dealkylation sites (N-methyl/N-ethyl adjacent to an activating group) is 1. The second kappa shape index (κ2) is 6.00. The van der Waals surface area contributed by atoms with Gasteiger partial charge in [0.15, 0.2) is 0 Å². The van der Waals surface area contributed by atoms with Gasteiger partial charge in [-0.05, 0) is 12.8 Å². The largest absolute Gasteiger partial charge is 0.348 e. The van der Waals surface area contributed by atoms with Crippen LogP contribution in [0.5, 0.6) is 0 Å². The number of nitrogens with one attached hydrogen (secondary N) is 1. The smallest absolute Gasteiger partial charge is 0.239 e. The van der Waals surface area contributed by atoms with Crippen LogP contribution in [-0.2, 0) is 11.2 Å². The van der Waals surface area contributed by atoms with Crippen LogP contribution >= 0.6 is 0 Å². The van der Waals surface area contributed by atoms with E-state index < -0.39 is 6.04 Å². The molecule has 100 valence electrons. The van der Waals surface area contributed by atoms with Crippen LogP contribution in [0.25, 0.3) is 0 Å². The summed E-state index contributed by atoms with van der Waals surface area (Å²) in [6.45, 7) is 0. The first-order valence-corrected chi connectivity index (χ1v) is 6.68. The number of carbonyl (C=O) groups excluding carboxylic acids is 1. The van der Waals surface area contributed by atoms with Crippen LogP contribution in [0.3, 0.4) is 0 Å². The molecule has 0 aliphatic heterocycles. The quantitative estimate of drug-likeness (QED) is 0.839. The third-order valence-electron chi connectivity index (χ3n) is 3.78. The third-order valence-corrected chi connectivity index (χ3v) is 3.78. The van der Waals surface area contributed by atoms with E-state index in [-0.39, 0.29) is 5.91 Å². The Labute approximate surface area is 108 Å². The fourth-order valence-electron chi connectivity index (χ4n) is 2.63. The van der Waals surface area contributed by atoms with Gasteiger partial charge in [-0.1, -0.05) is 19.3 Å². The lowest BCUT2D eigenvalue weighted by Gasteiger charge is -2.32. The Hall–Kier alpha value is -1.36. The summed E-state index contributed by atoms with van der Waals surface area (Å²) in [4.78, 5) is 21.0. The number of rotatable bonds is 4. The van der Waals surface area contributed by atoms with Gasteiger partial charge in [-0.15, -0.1) is 0 Å². The minimum absolute atomic E-state index is 0.0384. The Morgan fingerprint density at radius 1 is 1.56 bits per heavy atom. The highest BCUT2D eigenvalue weighted by molar-refractivity contribution is 5.82. The number of nitrogens with two attached hydrogens (primary N) is 1. The number of amides is 1. The van der Waals surface area contributed by atoms with Crippen molar-refractivity contribution in [3.05, 3.63) is 18.2 Å². The molecule has 1 aliphatic carbocycles. The minimum atomic E-state index is -0.475. The molecule has 1 heterocycles. The maximum absolute atomic E-state index is 12.2. The van der Waals surface area contributed by atoms with Crippen molar-refractivity contribution in [2.24, 2.45) is 5.73 Å². The SMILES string of the molecule is CN(C(=O)[C@@H](N)Cc1cnc[nH]1)C1CCCCC1. The molecule has 0 spiro atoms. The molecule has 1 aromatic heterocycles. The number of imidazole rings is 1. The molecule has 0 radical (unpaired) electrons. The van der Waals surface area contributed by atoms with Gasteiger partial charge >= 0.3 is 0 Å².